The molecule has 1 saturated heterocycles. The van der Waals surface area contributed by atoms with E-state index in [1.54, 1.807) is 30.3 Å². The summed E-state index contributed by atoms with van der Waals surface area (Å²) in [6.07, 6.45) is -1.42. The van der Waals surface area contributed by atoms with Crippen LogP contribution in [0.25, 0.3) is 0 Å². The maximum absolute atomic E-state index is 12.7. The standard InChI is InChI=1S/C19H19N5O5S3/c20-6-11-22-23-19(32-11)31-8-10-7-30-17-12(16(27)24(17)13(10)18(28)29)21-15(26)14(25)9-4-2-1-3-5-9/h1-5,12,14,17,25H,6-8,20H2,(H,21,26)(H,28,29)/t12?,14?,17-/m0/s1. The van der Waals surface area contributed by atoms with Gasteiger partial charge in [0.2, 0.25) is 0 Å². The lowest BCUT2D eigenvalue weighted by Gasteiger charge is -2.49. The number of β-lactam (4-membered cyclic amide) rings is 1. The molecule has 0 radical (unpaired) electrons. The molecule has 2 aliphatic rings. The minimum Gasteiger partial charge on any atom is -0.477 e. The number of aliphatic carboxylic acids is 1. The fourth-order valence-corrected chi connectivity index (χ4v) is 6.60. The first-order valence-corrected chi connectivity index (χ1v) is 12.3. The van der Waals surface area contributed by atoms with Crippen LogP contribution in [0.3, 0.4) is 0 Å². The van der Waals surface area contributed by atoms with Crippen LogP contribution in [0.1, 0.15) is 16.7 Å². The third kappa shape index (κ3) is 4.38. The van der Waals surface area contributed by atoms with Gasteiger partial charge in [0.05, 0.1) is 0 Å². The summed E-state index contributed by atoms with van der Waals surface area (Å²) in [7, 11) is 0. The van der Waals surface area contributed by atoms with Gasteiger partial charge in [-0.3, -0.25) is 14.5 Å². The molecule has 1 aromatic heterocycles. The highest BCUT2D eigenvalue weighted by molar-refractivity contribution is 8.01. The van der Waals surface area contributed by atoms with Crippen molar-refractivity contribution in [1.82, 2.24) is 20.4 Å². The Morgan fingerprint density at radius 2 is 2.06 bits per heavy atom. The second kappa shape index (κ2) is 9.58. The number of rotatable bonds is 8. The molecule has 0 aliphatic carbocycles. The molecule has 3 heterocycles. The maximum atomic E-state index is 12.7. The average Bonchev–Trinajstić information content (AvgIpc) is 3.28. The Morgan fingerprint density at radius 1 is 1.31 bits per heavy atom. The lowest BCUT2D eigenvalue weighted by molar-refractivity contribution is -0.151. The van der Waals surface area contributed by atoms with Crippen molar-refractivity contribution in [3.05, 3.63) is 52.2 Å². The van der Waals surface area contributed by atoms with E-state index in [4.69, 9.17) is 5.73 Å². The molecule has 5 N–H and O–H groups in total. The van der Waals surface area contributed by atoms with Gasteiger partial charge in [0.1, 0.15) is 22.1 Å². The zero-order valence-electron chi connectivity index (χ0n) is 16.5. The van der Waals surface area contributed by atoms with E-state index in [9.17, 15) is 24.6 Å². The van der Waals surface area contributed by atoms with Gasteiger partial charge in [-0.25, -0.2) is 4.79 Å². The highest BCUT2D eigenvalue weighted by Gasteiger charge is 2.54. The Bertz CT molecular complexity index is 1080. The maximum Gasteiger partial charge on any atom is 0.352 e. The molecule has 0 bridgehead atoms. The number of amides is 2. The lowest BCUT2D eigenvalue weighted by Crippen LogP contribution is -2.70. The van der Waals surface area contributed by atoms with Crippen LogP contribution >= 0.6 is 34.9 Å². The van der Waals surface area contributed by atoms with E-state index < -0.39 is 35.3 Å². The summed E-state index contributed by atoms with van der Waals surface area (Å²) in [5, 5.41) is 30.7. The van der Waals surface area contributed by atoms with Crippen LogP contribution in [0.15, 0.2) is 45.9 Å². The predicted molar refractivity (Wildman–Crippen MR) is 120 cm³/mol. The number of fused-ring (bicyclic) bond motifs is 1. The van der Waals surface area contributed by atoms with Gasteiger partial charge in [-0.05, 0) is 11.1 Å². The number of nitrogens with one attached hydrogen (secondary N) is 1. The average molecular weight is 494 g/mol. The van der Waals surface area contributed by atoms with E-state index >= 15 is 0 Å². The zero-order valence-corrected chi connectivity index (χ0v) is 19.0. The minimum atomic E-state index is -1.42. The molecule has 0 saturated carbocycles. The SMILES string of the molecule is NCc1nnc(SCC2=C(C(=O)O)N3C(=O)C(NC(=O)C(O)c4ccccc4)[C@@H]3SC2)s1. The van der Waals surface area contributed by atoms with E-state index in [2.05, 4.69) is 15.5 Å². The van der Waals surface area contributed by atoms with E-state index in [1.165, 1.54) is 39.8 Å². The van der Waals surface area contributed by atoms with Gasteiger partial charge in [-0.1, -0.05) is 53.4 Å². The summed E-state index contributed by atoms with van der Waals surface area (Å²) in [4.78, 5) is 38.3. The van der Waals surface area contributed by atoms with Gasteiger partial charge < -0.3 is 21.3 Å². The molecule has 0 spiro atoms. The Hall–Kier alpha value is -2.45. The first-order valence-electron chi connectivity index (χ1n) is 9.49. The Labute approximate surface area is 195 Å². The van der Waals surface area contributed by atoms with Gasteiger partial charge in [0, 0.05) is 18.1 Å². The van der Waals surface area contributed by atoms with Crippen LogP contribution in [0, 0.1) is 0 Å². The minimum absolute atomic E-state index is 0.0658. The Morgan fingerprint density at radius 3 is 2.72 bits per heavy atom. The van der Waals surface area contributed by atoms with Crippen molar-refractivity contribution in [2.45, 2.75) is 28.4 Å². The van der Waals surface area contributed by atoms with Crippen LogP contribution in [0.4, 0.5) is 0 Å². The fourth-order valence-electron chi connectivity index (χ4n) is 3.34. The number of carbonyl (C=O) groups excluding carboxylic acids is 2. The van der Waals surface area contributed by atoms with E-state index in [0.717, 1.165) is 0 Å². The molecule has 3 atom stereocenters. The number of carboxylic acid groups (broad SMARTS) is 1. The second-order valence-corrected chi connectivity index (χ2v) is 10.3. The quantitative estimate of drug-likeness (QED) is 0.302. The zero-order chi connectivity index (χ0) is 22.8. The molecule has 2 unspecified atom stereocenters. The van der Waals surface area contributed by atoms with E-state index in [0.29, 0.717) is 32.0 Å². The molecular formula is C19H19N5O5S3. The first-order chi connectivity index (χ1) is 15.4. The van der Waals surface area contributed by atoms with Crippen molar-refractivity contribution in [2.24, 2.45) is 5.73 Å². The summed E-state index contributed by atoms with van der Waals surface area (Å²) in [6.45, 7) is 0.285. The number of aromatic nitrogens is 2. The van der Waals surface area contributed by atoms with E-state index in [1.807, 2.05) is 0 Å². The van der Waals surface area contributed by atoms with Crippen molar-refractivity contribution in [1.29, 1.82) is 0 Å². The number of carbonyl (C=O) groups is 3. The molecule has 2 aromatic rings. The topological polar surface area (TPSA) is 159 Å². The van der Waals surface area contributed by atoms with Crippen LogP contribution < -0.4 is 11.1 Å². The largest absolute Gasteiger partial charge is 0.477 e. The summed E-state index contributed by atoms with van der Waals surface area (Å²) in [5.41, 5.74) is 6.47. The summed E-state index contributed by atoms with van der Waals surface area (Å²) in [6, 6.07) is 7.47. The molecule has 13 heteroatoms. The Balaban J connectivity index is 1.44. The van der Waals surface area contributed by atoms with Crippen LogP contribution in [-0.2, 0) is 20.9 Å². The van der Waals surface area contributed by atoms with Crippen molar-refractivity contribution in [3.63, 3.8) is 0 Å². The summed E-state index contributed by atoms with van der Waals surface area (Å²) in [5.74, 6) is -1.69. The third-order valence-corrected chi connectivity index (χ3v) is 8.41. The first kappa shape index (κ1) is 22.7. The number of aliphatic hydroxyl groups is 1. The highest BCUT2D eigenvalue weighted by Crippen LogP contribution is 2.42. The molecule has 1 fully saturated rings. The van der Waals surface area contributed by atoms with Gasteiger partial charge in [0.15, 0.2) is 10.4 Å². The number of nitrogens with two attached hydrogens (primary N) is 1. The molecule has 2 amide bonds. The van der Waals surface area contributed by atoms with Crippen LogP contribution in [0.5, 0.6) is 0 Å². The fraction of sp³-hybridized carbons (Fsp3) is 0.316. The number of aliphatic hydroxyl groups excluding tert-OH is 1. The number of nitrogens with zero attached hydrogens (tertiary/aromatic N) is 3. The van der Waals surface area contributed by atoms with Gasteiger partial charge >= 0.3 is 5.97 Å². The summed E-state index contributed by atoms with van der Waals surface area (Å²) >= 11 is 4.05. The third-order valence-electron chi connectivity index (χ3n) is 4.90. The smallest absolute Gasteiger partial charge is 0.352 e. The molecule has 4 rings (SSSR count). The van der Waals surface area contributed by atoms with Gasteiger partial charge in [-0.2, -0.15) is 0 Å². The molecule has 1 aromatic carbocycles. The van der Waals surface area contributed by atoms with Crippen molar-refractivity contribution >= 4 is 52.6 Å². The predicted octanol–water partition coefficient (Wildman–Crippen LogP) is 0.561. The van der Waals surface area contributed by atoms with Gasteiger partial charge in [0.25, 0.3) is 11.8 Å². The molecule has 2 aliphatic heterocycles. The van der Waals surface area contributed by atoms with Crippen molar-refractivity contribution in [3.8, 4) is 0 Å². The van der Waals surface area contributed by atoms with Crippen molar-refractivity contribution < 1.29 is 24.6 Å². The second-order valence-electron chi connectivity index (χ2n) is 6.92. The molecular weight excluding hydrogens is 474 g/mol. The molecule has 168 valence electrons. The molecule has 10 nitrogen and oxygen atoms in total. The van der Waals surface area contributed by atoms with Crippen LogP contribution in [0.2, 0.25) is 0 Å². The van der Waals surface area contributed by atoms with Crippen LogP contribution in [-0.4, -0.2) is 66.0 Å². The normalized spacial score (nSPS) is 21.1. The molecule has 32 heavy (non-hydrogen) atoms. The number of thioether (sulfide) groups is 2. The number of benzene rings is 1. The van der Waals surface area contributed by atoms with Gasteiger partial charge in [-0.15, -0.1) is 22.0 Å². The number of hydrogen-bond acceptors (Lipinski definition) is 10. The van der Waals surface area contributed by atoms with E-state index in [-0.39, 0.29) is 12.2 Å². The lowest BCUT2D eigenvalue weighted by atomic mass is 10.0. The number of carboxylic acids is 1. The highest BCUT2D eigenvalue weighted by atomic mass is 32.2. The monoisotopic (exact) mass is 493 g/mol. The number of hydrogen-bond donors (Lipinski definition) is 4. The summed E-state index contributed by atoms with van der Waals surface area (Å²) < 4.78 is 0.671. The Kier molecular flexibility index (Phi) is 6.81. The van der Waals surface area contributed by atoms with Crippen molar-refractivity contribution in [2.75, 3.05) is 11.5 Å².